The lowest BCUT2D eigenvalue weighted by Crippen LogP contribution is -2.45. The van der Waals surface area contributed by atoms with Gasteiger partial charge in [0.25, 0.3) is 0 Å². The van der Waals surface area contributed by atoms with Crippen LogP contribution in [0.25, 0.3) is 0 Å². The Balaban J connectivity index is 2.87. The van der Waals surface area contributed by atoms with Gasteiger partial charge in [-0.05, 0) is 26.0 Å². The molecule has 1 heterocycles. The number of nitrogens with one attached hydrogen (secondary N) is 1. The molecule has 0 aliphatic carbocycles. The summed E-state index contributed by atoms with van der Waals surface area (Å²) in [4.78, 5) is 22.7. The second kappa shape index (κ2) is 6.20. The van der Waals surface area contributed by atoms with E-state index in [1.54, 1.807) is 26.0 Å². The second-order valence-electron chi connectivity index (χ2n) is 3.82. The molecule has 2 atom stereocenters. The third-order valence-electron chi connectivity index (χ3n) is 2.27. The molecule has 0 aliphatic heterocycles. The van der Waals surface area contributed by atoms with Gasteiger partial charge in [0.1, 0.15) is 17.6 Å². The van der Waals surface area contributed by atoms with Crippen LogP contribution in [0.1, 0.15) is 31.5 Å². The minimum atomic E-state index is -1.28. The van der Waals surface area contributed by atoms with Crippen molar-refractivity contribution < 1.29 is 23.8 Å². The largest absolute Gasteiger partial charge is 0.464 e. The third kappa shape index (κ3) is 3.59. The molecule has 0 aliphatic rings. The Labute approximate surface area is 105 Å². The van der Waals surface area contributed by atoms with Crippen LogP contribution in [0.15, 0.2) is 16.5 Å². The highest BCUT2D eigenvalue weighted by Gasteiger charge is 2.32. The van der Waals surface area contributed by atoms with Crippen molar-refractivity contribution >= 4 is 11.9 Å². The summed E-state index contributed by atoms with van der Waals surface area (Å²) in [5.74, 6) is -0.321. The maximum atomic E-state index is 11.7. The van der Waals surface area contributed by atoms with E-state index in [4.69, 9.17) is 9.15 Å². The zero-order valence-electron chi connectivity index (χ0n) is 10.6. The molecule has 100 valence electrons. The van der Waals surface area contributed by atoms with Crippen LogP contribution < -0.4 is 5.32 Å². The molecule has 1 aromatic heterocycles. The summed E-state index contributed by atoms with van der Waals surface area (Å²) in [6.07, 6.45) is -1.28. The molecule has 18 heavy (non-hydrogen) atoms. The number of hydrogen-bond acceptors (Lipinski definition) is 5. The van der Waals surface area contributed by atoms with Crippen LogP contribution in [0, 0.1) is 6.92 Å². The highest BCUT2D eigenvalue weighted by molar-refractivity contribution is 5.83. The van der Waals surface area contributed by atoms with Gasteiger partial charge in [-0.2, -0.15) is 0 Å². The van der Waals surface area contributed by atoms with Gasteiger partial charge in [-0.25, -0.2) is 4.79 Å². The first-order chi connectivity index (χ1) is 8.45. The molecule has 1 aromatic rings. The number of furan rings is 1. The van der Waals surface area contributed by atoms with Crippen molar-refractivity contribution in [3.05, 3.63) is 23.7 Å². The molecule has 0 bridgehead atoms. The van der Waals surface area contributed by atoms with E-state index in [1.165, 1.54) is 6.92 Å². The zero-order valence-corrected chi connectivity index (χ0v) is 10.6. The number of aliphatic hydroxyl groups excluding tert-OH is 1. The SMILES string of the molecule is CCOC(=O)[C@H](NC(C)=O)[C@@H](O)c1ccc(C)o1. The van der Waals surface area contributed by atoms with Crippen LogP contribution >= 0.6 is 0 Å². The van der Waals surface area contributed by atoms with Crippen molar-refractivity contribution in [1.29, 1.82) is 0 Å². The Kier molecular flexibility index (Phi) is 4.91. The summed E-state index contributed by atoms with van der Waals surface area (Å²) >= 11 is 0. The Bertz CT molecular complexity index is 426. The maximum absolute atomic E-state index is 11.7. The van der Waals surface area contributed by atoms with Crippen molar-refractivity contribution in [2.75, 3.05) is 6.61 Å². The van der Waals surface area contributed by atoms with E-state index in [0.717, 1.165) is 0 Å². The minimum Gasteiger partial charge on any atom is -0.464 e. The average Bonchev–Trinajstić information content (AvgIpc) is 2.72. The molecule has 6 nitrogen and oxygen atoms in total. The Morgan fingerprint density at radius 2 is 2.17 bits per heavy atom. The molecule has 0 fully saturated rings. The first-order valence-electron chi connectivity index (χ1n) is 5.63. The van der Waals surface area contributed by atoms with Gasteiger partial charge in [-0.15, -0.1) is 0 Å². The van der Waals surface area contributed by atoms with E-state index in [1.807, 2.05) is 0 Å². The standard InChI is InChI=1S/C12H17NO5/c1-4-17-12(16)10(13-8(3)14)11(15)9-6-5-7(2)18-9/h5-6,10-11,15H,4H2,1-3H3,(H,13,14)/t10-,11+/m1/s1. The molecule has 0 aromatic carbocycles. The Morgan fingerprint density at radius 3 is 2.61 bits per heavy atom. The van der Waals surface area contributed by atoms with Crippen molar-refractivity contribution in [2.45, 2.75) is 32.9 Å². The Morgan fingerprint density at radius 1 is 1.50 bits per heavy atom. The fourth-order valence-electron chi connectivity index (χ4n) is 1.49. The van der Waals surface area contributed by atoms with Gasteiger partial charge >= 0.3 is 5.97 Å². The molecule has 0 saturated carbocycles. The highest BCUT2D eigenvalue weighted by Crippen LogP contribution is 2.20. The van der Waals surface area contributed by atoms with E-state index >= 15 is 0 Å². The summed E-state index contributed by atoms with van der Waals surface area (Å²) in [6.45, 7) is 4.78. The fraction of sp³-hybridized carbons (Fsp3) is 0.500. The third-order valence-corrected chi connectivity index (χ3v) is 2.27. The molecule has 6 heteroatoms. The molecule has 0 unspecified atom stereocenters. The first-order valence-corrected chi connectivity index (χ1v) is 5.63. The lowest BCUT2D eigenvalue weighted by molar-refractivity contribution is -0.151. The minimum absolute atomic E-state index is 0.165. The highest BCUT2D eigenvalue weighted by atomic mass is 16.5. The fourth-order valence-corrected chi connectivity index (χ4v) is 1.49. The predicted molar refractivity (Wildman–Crippen MR) is 62.6 cm³/mol. The van der Waals surface area contributed by atoms with Gasteiger partial charge in [0.15, 0.2) is 6.04 Å². The molecular weight excluding hydrogens is 238 g/mol. The van der Waals surface area contributed by atoms with Crippen LogP contribution in [-0.4, -0.2) is 29.6 Å². The second-order valence-corrected chi connectivity index (χ2v) is 3.82. The lowest BCUT2D eigenvalue weighted by Gasteiger charge is -2.20. The van der Waals surface area contributed by atoms with Crippen molar-refractivity contribution in [2.24, 2.45) is 0 Å². The van der Waals surface area contributed by atoms with Crippen molar-refractivity contribution in [3.63, 3.8) is 0 Å². The molecule has 1 rings (SSSR count). The summed E-state index contributed by atoms with van der Waals surface area (Å²) in [7, 11) is 0. The van der Waals surface area contributed by atoms with Crippen molar-refractivity contribution in [1.82, 2.24) is 5.32 Å². The predicted octanol–water partition coefficient (Wildman–Crippen LogP) is 0.689. The first kappa shape index (κ1) is 14.2. The normalized spacial score (nSPS) is 13.8. The number of carbonyl (C=O) groups excluding carboxylic acids is 2. The summed E-state index contributed by atoms with van der Waals surface area (Å²) in [6, 6.07) is 2.04. The van der Waals surface area contributed by atoms with E-state index in [9.17, 15) is 14.7 Å². The number of aliphatic hydroxyl groups is 1. The number of carbonyl (C=O) groups is 2. The van der Waals surface area contributed by atoms with Gasteiger partial charge in [0.2, 0.25) is 5.91 Å². The van der Waals surface area contributed by atoms with Gasteiger partial charge in [-0.1, -0.05) is 0 Å². The smallest absolute Gasteiger partial charge is 0.331 e. The van der Waals surface area contributed by atoms with E-state index in [-0.39, 0.29) is 12.4 Å². The lowest BCUT2D eigenvalue weighted by atomic mass is 10.1. The molecule has 1 amide bonds. The van der Waals surface area contributed by atoms with E-state index in [2.05, 4.69) is 5.32 Å². The number of esters is 1. The quantitative estimate of drug-likeness (QED) is 0.756. The van der Waals surface area contributed by atoms with Crippen LogP contribution in [-0.2, 0) is 14.3 Å². The summed E-state index contributed by atoms with van der Waals surface area (Å²) < 4.78 is 10.0. The average molecular weight is 255 g/mol. The van der Waals surface area contributed by atoms with Crippen LogP contribution in [0.4, 0.5) is 0 Å². The van der Waals surface area contributed by atoms with Crippen molar-refractivity contribution in [3.8, 4) is 0 Å². The number of rotatable bonds is 5. The number of aryl methyl sites for hydroxylation is 1. The molecular formula is C12H17NO5. The molecule has 0 spiro atoms. The molecule has 2 N–H and O–H groups in total. The van der Waals surface area contributed by atoms with E-state index in [0.29, 0.717) is 5.76 Å². The van der Waals surface area contributed by atoms with Gasteiger partial charge < -0.3 is 19.6 Å². The van der Waals surface area contributed by atoms with Crippen LogP contribution in [0.5, 0.6) is 0 Å². The zero-order chi connectivity index (χ0) is 13.7. The van der Waals surface area contributed by atoms with Crippen LogP contribution in [0.3, 0.4) is 0 Å². The van der Waals surface area contributed by atoms with Gasteiger partial charge in [0, 0.05) is 6.92 Å². The monoisotopic (exact) mass is 255 g/mol. The molecule has 0 saturated heterocycles. The Hall–Kier alpha value is -1.82. The maximum Gasteiger partial charge on any atom is 0.331 e. The number of amides is 1. The topological polar surface area (TPSA) is 88.8 Å². The summed E-state index contributed by atoms with van der Waals surface area (Å²) in [5, 5.41) is 12.4. The van der Waals surface area contributed by atoms with Gasteiger partial charge in [0.05, 0.1) is 6.61 Å². The van der Waals surface area contributed by atoms with E-state index < -0.39 is 24.0 Å². The number of ether oxygens (including phenoxy) is 1. The molecule has 0 radical (unpaired) electrons. The number of hydrogen-bond donors (Lipinski definition) is 2. The van der Waals surface area contributed by atoms with Crippen LogP contribution in [0.2, 0.25) is 0 Å². The van der Waals surface area contributed by atoms with Gasteiger partial charge in [-0.3, -0.25) is 4.79 Å². The summed E-state index contributed by atoms with van der Waals surface area (Å²) in [5.41, 5.74) is 0.